The first-order chi connectivity index (χ1) is 13.4. The molecule has 1 aliphatic rings. The fourth-order valence-corrected chi connectivity index (χ4v) is 5.36. The summed E-state index contributed by atoms with van der Waals surface area (Å²) in [4.78, 5) is 27.9. The molecule has 1 amide bonds. The summed E-state index contributed by atoms with van der Waals surface area (Å²) < 4.78 is 0. The zero-order valence-electron chi connectivity index (χ0n) is 16.9. The molecule has 1 heterocycles. The van der Waals surface area contributed by atoms with Gasteiger partial charge in [-0.1, -0.05) is 43.7 Å². The number of carbonyl (C=O) groups is 2. The number of amides is 1. The molecular weight excluding hydrogens is 370 g/mol. The van der Waals surface area contributed by atoms with Crippen molar-refractivity contribution in [2.75, 3.05) is 4.90 Å². The molecule has 0 bridgehead atoms. The first-order valence-corrected chi connectivity index (χ1v) is 11.0. The minimum absolute atomic E-state index is 0.00544. The topological polar surface area (TPSA) is 57.6 Å². The highest BCUT2D eigenvalue weighted by Gasteiger charge is 2.34. The number of carbonyl (C=O) groups excluding carboxylic acids is 1. The number of anilines is 1. The van der Waals surface area contributed by atoms with Gasteiger partial charge in [0, 0.05) is 16.8 Å². The Labute approximate surface area is 171 Å². The Hall–Kier alpha value is -2.14. The lowest BCUT2D eigenvalue weighted by Gasteiger charge is -2.33. The van der Waals surface area contributed by atoms with Crippen LogP contribution in [-0.2, 0) is 4.79 Å². The van der Waals surface area contributed by atoms with Gasteiger partial charge in [-0.3, -0.25) is 4.79 Å². The maximum Gasteiger partial charge on any atom is 0.338 e. The number of nitrogens with zero attached hydrogens (tertiary/aromatic N) is 1. The molecule has 0 unspecified atom stereocenters. The summed E-state index contributed by atoms with van der Waals surface area (Å²) in [6.45, 7) is 6.13. The van der Waals surface area contributed by atoms with Crippen LogP contribution in [-0.4, -0.2) is 23.0 Å². The summed E-state index contributed by atoms with van der Waals surface area (Å²) in [6.07, 6.45) is 5.15. The smallest absolute Gasteiger partial charge is 0.338 e. The second-order valence-corrected chi connectivity index (χ2v) is 8.96. The van der Waals surface area contributed by atoms with E-state index in [-0.39, 0.29) is 23.4 Å². The van der Waals surface area contributed by atoms with Crippen LogP contribution in [0.3, 0.4) is 0 Å². The second kappa shape index (κ2) is 8.91. The van der Waals surface area contributed by atoms with Gasteiger partial charge in [0.05, 0.1) is 5.56 Å². The van der Waals surface area contributed by atoms with Crippen molar-refractivity contribution < 1.29 is 14.7 Å². The molecule has 0 spiro atoms. The summed E-state index contributed by atoms with van der Waals surface area (Å²) in [5.41, 5.74) is 1.19. The van der Waals surface area contributed by atoms with E-state index in [0.717, 1.165) is 42.0 Å². The number of hydrogen-bond donors (Lipinski definition) is 1. The molecule has 4 nitrogen and oxygen atoms in total. The lowest BCUT2D eigenvalue weighted by Crippen LogP contribution is -2.42. The van der Waals surface area contributed by atoms with Gasteiger partial charge >= 0.3 is 5.97 Å². The molecule has 1 saturated carbocycles. The van der Waals surface area contributed by atoms with Crippen LogP contribution < -0.4 is 4.90 Å². The van der Waals surface area contributed by atoms with E-state index in [1.165, 1.54) is 17.8 Å². The summed E-state index contributed by atoms with van der Waals surface area (Å²) >= 11 is 1.40. The van der Waals surface area contributed by atoms with Crippen molar-refractivity contribution in [3.63, 3.8) is 0 Å². The number of carboxylic acids is 1. The standard InChI is InChI=1S/C23H29NO3S/c1-4-16-10-12-18(13-11-16)21(25)24(15(2)3)22-19(23(26)27)14-20(28-22)17-8-6-5-7-9-17/h5-9,14-16,18H,4,10-13H2,1-3H3,(H,26,27). The van der Waals surface area contributed by atoms with E-state index in [1.807, 2.05) is 44.2 Å². The van der Waals surface area contributed by atoms with Crippen molar-refractivity contribution in [3.05, 3.63) is 42.0 Å². The average molecular weight is 400 g/mol. The molecule has 1 fully saturated rings. The van der Waals surface area contributed by atoms with Gasteiger partial charge in [0.1, 0.15) is 5.00 Å². The molecule has 1 N–H and O–H groups in total. The Morgan fingerprint density at radius 1 is 1.14 bits per heavy atom. The SMILES string of the molecule is CCC1CCC(C(=O)N(c2sc(-c3ccccc3)cc2C(=O)O)C(C)C)CC1. The Bertz CT molecular complexity index is 820. The predicted molar refractivity (Wildman–Crippen MR) is 115 cm³/mol. The molecule has 28 heavy (non-hydrogen) atoms. The minimum Gasteiger partial charge on any atom is -0.478 e. The Kier molecular flexibility index (Phi) is 6.55. The average Bonchev–Trinajstić information content (AvgIpc) is 3.13. The molecule has 0 atom stereocenters. The van der Waals surface area contributed by atoms with Gasteiger partial charge in [-0.15, -0.1) is 11.3 Å². The lowest BCUT2D eigenvalue weighted by molar-refractivity contribution is -0.123. The molecule has 5 heteroatoms. The first kappa shape index (κ1) is 20.6. The highest BCUT2D eigenvalue weighted by Crippen LogP contribution is 2.41. The minimum atomic E-state index is -0.985. The van der Waals surface area contributed by atoms with Crippen LogP contribution in [0.5, 0.6) is 0 Å². The number of aromatic carboxylic acids is 1. The molecule has 150 valence electrons. The highest BCUT2D eigenvalue weighted by molar-refractivity contribution is 7.20. The molecule has 3 rings (SSSR count). The third kappa shape index (κ3) is 4.30. The van der Waals surface area contributed by atoms with Gasteiger partial charge in [-0.25, -0.2) is 4.79 Å². The predicted octanol–water partition coefficient (Wildman–Crippen LogP) is 6.07. The van der Waals surface area contributed by atoms with Crippen LogP contribution in [0.15, 0.2) is 36.4 Å². The van der Waals surface area contributed by atoms with Crippen molar-refractivity contribution in [1.82, 2.24) is 0 Å². The van der Waals surface area contributed by atoms with Crippen molar-refractivity contribution in [2.24, 2.45) is 11.8 Å². The van der Waals surface area contributed by atoms with Crippen LogP contribution in [0.25, 0.3) is 10.4 Å². The van der Waals surface area contributed by atoms with E-state index in [4.69, 9.17) is 0 Å². The van der Waals surface area contributed by atoms with Gasteiger partial charge < -0.3 is 10.0 Å². The molecular formula is C23H29NO3S. The number of carboxylic acid groups (broad SMARTS) is 1. The van der Waals surface area contributed by atoms with E-state index in [1.54, 1.807) is 11.0 Å². The summed E-state index contributed by atoms with van der Waals surface area (Å²) in [6, 6.07) is 11.4. The van der Waals surface area contributed by atoms with Gasteiger partial charge in [0.25, 0.3) is 0 Å². The molecule has 1 aliphatic carbocycles. The zero-order valence-corrected chi connectivity index (χ0v) is 17.7. The van der Waals surface area contributed by atoms with Gasteiger partial charge in [0.2, 0.25) is 5.91 Å². The molecule has 1 aromatic heterocycles. The van der Waals surface area contributed by atoms with Crippen LogP contribution in [0.4, 0.5) is 5.00 Å². The van der Waals surface area contributed by atoms with Gasteiger partial charge in [-0.2, -0.15) is 0 Å². The fourth-order valence-electron chi connectivity index (χ4n) is 4.06. The quantitative estimate of drug-likeness (QED) is 0.641. The number of benzene rings is 1. The highest BCUT2D eigenvalue weighted by atomic mass is 32.1. The van der Waals surface area contributed by atoms with Gasteiger partial charge in [-0.05, 0) is 57.1 Å². The molecule has 0 radical (unpaired) electrons. The maximum atomic E-state index is 13.4. The summed E-state index contributed by atoms with van der Waals surface area (Å²) in [5.74, 6) is -0.193. The third-order valence-corrected chi connectivity index (χ3v) is 6.93. The van der Waals surface area contributed by atoms with Gasteiger partial charge in [0.15, 0.2) is 0 Å². The van der Waals surface area contributed by atoms with Crippen molar-refractivity contribution in [3.8, 4) is 10.4 Å². The van der Waals surface area contributed by atoms with Crippen molar-refractivity contribution >= 4 is 28.2 Å². The second-order valence-electron chi connectivity index (χ2n) is 7.93. The molecule has 0 aliphatic heterocycles. The number of hydrogen-bond acceptors (Lipinski definition) is 3. The maximum absolute atomic E-state index is 13.4. The lowest BCUT2D eigenvalue weighted by atomic mass is 9.80. The normalized spacial score (nSPS) is 19.6. The largest absolute Gasteiger partial charge is 0.478 e. The summed E-state index contributed by atoms with van der Waals surface area (Å²) in [7, 11) is 0. The number of rotatable bonds is 6. The van der Waals surface area contributed by atoms with E-state index in [0.29, 0.717) is 5.00 Å². The van der Waals surface area contributed by atoms with Crippen LogP contribution >= 0.6 is 11.3 Å². The molecule has 2 aromatic rings. The number of thiophene rings is 1. The fraction of sp³-hybridized carbons (Fsp3) is 0.478. The monoisotopic (exact) mass is 399 g/mol. The summed E-state index contributed by atoms with van der Waals surface area (Å²) in [5, 5.41) is 10.3. The van der Waals surface area contributed by atoms with Crippen LogP contribution in [0, 0.1) is 11.8 Å². The first-order valence-electron chi connectivity index (χ1n) is 10.2. The Balaban J connectivity index is 1.94. The van der Waals surface area contributed by atoms with Crippen molar-refractivity contribution in [2.45, 2.75) is 58.9 Å². The van der Waals surface area contributed by atoms with E-state index < -0.39 is 5.97 Å². The van der Waals surface area contributed by atoms with Crippen molar-refractivity contribution in [1.29, 1.82) is 0 Å². The Morgan fingerprint density at radius 3 is 2.32 bits per heavy atom. The molecule has 1 aromatic carbocycles. The molecule has 0 saturated heterocycles. The van der Waals surface area contributed by atoms with E-state index in [9.17, 15) is 14.7 Å². The zero-order chi connectivity index (χ0) is 20.3. The van der Waals surface area contributed by atoms with E-state index in [2.05, 4.69) is 6.92 Å². The van der Waals surface area contributed by atoms with Crippen LogP contribution in [0.1, 0.15) is 63.2 Å². The third-order valence-electron chi connectivity index (χ3n) is 5.75. The van der Waals surface area contributed by atoms with E-state index >= 15 is 0 Å². The van der Waals surface area contributed by atoms with Crippen LogP contribution in [0.2, 0.25) is 0 Å². The Morgan fingerprint density at radius 2 is 1.79 bits per heavy atom.